The number of pyridine rings is 1. The molecule has 2 aromatic rings. The average Bonchev–Trinajstić information content (AvgIpc) is 2.85. The lowest BCUT2D eigenvalue weighted by Crippen LogP contribution is -2.25. The number of hydrogen-bond acceptors (Lipinski definition) is 4. The number of nitrogens with zero attached hydrogens (tertiary/aromatic N) is 1. The van der Waals surface area contributed by atoms with Crippen LogP contribution in [0.25, 0.3) is 11.1 Å². The quantitative estimate of drug-likeness (QED) is 0.723. The molecule has 3 rings (SSSR count). The van der Waals surface area contributed by atoms with Gasteiger partial charge >= 0.3 is 12.5 Å². The van der Waals surface area contributed by atoms with E-state index in [0.717, 1.165) is 0 Å². The number of benzene rings is 1. The average molecular weight is 409 g/mol. The Kier molecular flexibility index (Phi) is 4.85. The van der Waals surface area contributed by atoms with Crippen molar-refractivity contribution < 1.29 is 36.2 Å². The second kappa shape index (κ2) is 6.84. The number of carbonyl (C=O) groups is 1. The summed E-state index contributed by atoms with van der Waals surface area (Å²) in [5.74, 6) is -1.22. The van der Waals surface area contributed by atoms with Crippen LogP contribution in [-0.4, -0.2) is 23.4 Å². The number of hydrogen-bond donors (Lipinski definition) is 1. The van der Waals surface area contributed by atoms with Crippen molar-refractivity contribution in [2.24, 2.45) is 0 Å². The molecule has 1 aromatic heterocycles. The van der Waals surface area contributed by atoms with Crippen LogP contribution in [-0.2, 0) is 4.79 Å². The fourth-order valence-corrected chi connectivity index (χ4v) is 2.54. The maximum Gasteiger partial charge on any atom is 0.586 e. The monoisotopic (exact) mass is 408 g/mol. The van der Waals surface area contributed by atoms with E-state index in [9.17, 15) is 26.7 Å². The van der Waals surface area contributed by atoms with Gasteiger partial charge in [0.1, 0.15) is 5.82 Å². The van der Waals surface area contributed by atoms with E-state index >= 15 is 0 Å². The number of nitrogens with one attached hydrogen (secondary N) is 1. The van der Waals surface area contributed by atoms with Crippen molar-refractivity contribution in [2.45, 2.75) is 25.3 Å². The van der Waals surface area contributed by atoms with E-state index in [-0.39, 0.29) is 22.3 Å². The molecular weight excluding hydrogens is 399 g/mol. The van der Waals surface area contributed by atoms with Crippen molar-refractivity contribution >= 4 is 23.3 Å². The molecular formula is C16H10ClF5N2O3. The molecule has 0 bridgehead atoms. The minimum Gasteiger partial charge on any atom is -0.395 e. The first kappa shape index (κ1) is 19.2. The summed E-state index contributed by atoms with van der Waals surface area (Å²) in [4.78, 5) is 15.4. The lowest BCUT2D eigenvalue weighted by molar-refractivity contribution is -0.286. The molecule has 1 aromatic carbocycles. The van der Waals surface area contributed by atoms with Crippen molar-refractivity contribution in [1.29, 1.82) is 0 Å². The minimum atomic E-state index is -4.43. The normalized spacial score (nSPS) is 14.9. The van der Waals surface area contributed by atoms with Gasteiger partial charge in [0.25, 0.3) is 0 Å². The van der Waals surface area contributed by atoms with Gasteiger partial charge in [0, 0.05) is 29.8 Å². The first-order valence-corrected chi connectivity index (χ1v) is 7.83. The standard InChI is InChI=1S/C16H10ClF5N2O3/c17-10-6-12-11(26-16(21,22)27-12)5-9(10)8-1-2-13(23-7-8)24-14(25)3-4-15(18,19)20/h1-2,5-7H,3-4H2,(H,23,24,25). The van der Waals surface area contributed by atoms with Crippen molar-refractivity contribution in [2.75, 3.05) is 5.32 Å². The molecule has 144 valence electrons. The first-order valence-electron chi connectivity index (χ1n) is 7.45. The Morgan fingerprint density at radius 1 is 1.19 bits per heavy atom. The second-order valence-electron chi connectivity index (χ2n) is 5.54. The van der Waals surface area contributed by atoms with Gasteiger partial charge in [-0.1, -0.05) is 11.6 Å². The van der Waals surface area contributed by atoms with E-state index in [0.29, 0.717) is 11.1 Å². The molecule has 5 nitrogen and oxygen atoms in total. The second-order valence-corrected chi connectivity index (χ2v) is 5.95. The molecule has 1 amide bonds. The van der Waals surface area contributed by atoms with Crippen molar-refractivity contribution in [3.63, 3.8) is 0 Å². The van der Waals surface area contributed by atoms with E-state index in [4.69, 9.17) is 11.6 Å². The van der Waals surface area contributed by atoms with Crippen LogP contribution in [0.4, 0.5) is 27.8 Å². The fraction of sp³-hybridized carbons (Fsp3) is 0.250. The summed E-state index contributed by atoms with van der Waals surface area (Å²) in [7, 11) is 0. The number of amides is 1. The summed E-state index contributed by atoms with van der Waals surface area (Å²) in [6, 6.07) is 5.22. The lowest BCUT2D eigenvalue weighted by Gasteiger charge is -2.09. The maximum atomic E-state index is 13.1. The van der Waals surface area contributed by atoms with Crippen LogP contribution in [0.3, 0.4) is 0 Å². The Balaban J connectivity index is 1.72. The molecule has 0 spiro atoms. The Morgan fingerprint density at radius 2 is 1.85 bits per heavy atom. The Labute approximate surface area is 154 Å². The van der Waals surface area contributed by atoms with Crippen molar-refractivity contribution in [3.8, 4) is 22.6 Å². The Hall–Kier alpha value is -2.62. The van der Waals surface area contributed by atoms with Crippen molar-refractivity contribution in [3.05, 3.63) is 35.5 Å². The predicted molar refractivity (Wildman–Crippen MR) is 84.8 cm³/mol. The summed E-state index contributed by atoms with van der Waals surface area (Å²) >= 11 is 6.06. The fourth-order valence-electron chi connectivity index (χ4n) is 2.28. The molecule has 27 heavy (non-hydrogen) atoms. The zero-order chi connectivity index (χ0) is 19.8. The summed E-state index contributed by atoms with van der Waals surface area (Å²) in [6.45, 7) is 0. The zero-order valence-electron chi connectivity index (χ0n) is 13.2. The summed E-state index contributed by atoms with van der Waals surface area (Å²) in [6.07, 6.45) is -8.90. The van der Waals surface area contributed by atoms with Gasteiger partial charge in [0.2, 0.25) is 5.91 Å². The number of anilines is 1. The van der Waals surface area contributed by atoms with Crippen LogP contribution in [0, 0.1) is 0 Å². The van der Waals surface area contributed by atoms with Crippen LogP contribution >= 0.6 is 11.6 Å². The molecule has 1 N–H and O–H groups in total. The molecule has 2 heterocycles. The smallest absolute Gasteiger partial charge is 0.395 e. The molecule has 0 radical (unpaired) electrons. The van der Waals surface area contributed by atoms with Gasteiger partial charge in [-0.25, -0.2) is 4.98 Å². The number of ether oxygens (including phenoxy) is 2. The van der Waals surface area contributed by atoms with Gasteiger partial charge in [-0.3, -0.25) is 4.79 Å². The van der Waals surface area contributed by atoms with Gasteiger partial charge in [0.05, 0.1) is 11.4 Å². The third-order valence-corrected chi connectivity index (χ3v) is 3.78. The number of aromatic nitrogens is 1. The molecule has 0 atom stereocenters. The molecule has 0 aliphatic carbocycles. The molecule has 1 aliphatic rings. The molecule has 0 saturated carbocycles. The van der Waals surface area contributed by atoms with Crippen molar-refractivity contribution in [1.82, 2.24) is 4.98 Å². The number of rotatable bonds is 4. The van der Waals surface area contributed by atoms with Gasteiger partial charge < -0.3 is 14.8 Å². The third-order valence-electron chi connectivity index (χ3n) is 3.47. The van der Waals surface area contributed by atoms with E-state index in [1.807, 2.05) is 0 Å². The van der Waals surface area contributed by atoms with E-state index in [1.54, 1.807) is 0 Å². The molecule has 0 fully saturated rings. The molecule has 11 heteroatoms. The molecule has 0 unspecified atom stereocenters. The van der Waals surface area contributed by atoms with Gasteiger partial charge in [0.15, 0.2) is 11.5 Å². The summed E-state index contributed by atoms with van der Waals surface area (Å²) in [5, 5.41) is 2.33. The lowest BCUT2D eigenvalue weighted by atomic mass is 10.1. The largest absolute Gasteiger partial charge is 0.586 e. The zero-order valence-corrected chi connectivity index (χ0v) is 14.0. The Bertz CT molecular complexity index is 872. The van der Waals surface area contributed by atoms with Gasteiger partial charge in [-0.2, -0.15) is 13.2 Å². The number of halogens is 6. The minimum absolute atomic E-state index is 0.0364. The van der Waals surface area contributed by atoms with E-state index in [1.165, 1.54) is 30.5 Å². The highest BCUT2D eigenvalue weighted by molar-refractivity contribution is 6.33. The third kappa shape index (κ3) is 4.76. The highest BCUT2D eigenvalue weighted by Gasteiger charge is 2.43. The first-order chi connectivity index (χ1) is 12.5. The maximum absolute atomic E-state index is 13.1. The van der Waals surface area contributed by atoms with Crippen LogP contribution in [0.2, 0.25) is 5.02 Å². The number of carbonyl (C=O) groups excluding carboxylic acids is 1. The van der Waals surface area contributed by atoms with E-state index < -0.39 is 31.2 Å². The highest BCUT2D eigenvalue weighted by atomic mass is 35.5. The van der Waals surface area contributed by atoms with Crippen LogP contribution in [0.1, 0.15) is 12.8 Å². The highest BCUT2D eigenvalue weighted by Crippen LogP contribution is 2.46. The number of alkyl halides is 5. The summed E-state index contributed by atoms with van der Waals surface area (Å²) < 4.78 is 71.2. The SMILES string of the molecule is O=C(CCC(F)(F)F)Nc1ccc(-c2cc3c(cc2Cl)OC(F)(F)O3)cn1. The Morgan fingerprint density at radius 3 is 2.44 bits per heavy atom. The topological polar surface area (TPSA) is 60.5 Å². The van der Waals surface area contributed by atoms with Crippen LogP contribution < -0.4 is 14.8 Å². The van der Waals surface area contributed by atoms with Crippen LogP contribution in [0.5, 0.6) is 11.5 Å². The molecule has 0 saturated heterocycles. The number of fused-ring (bicyclic) bond motifs is 1. The predicted octanol–water partition coefficient (Wildman–Crippen LogP) is 5.00. The molecule has 1 aliphatic heterocycles. The van der Waals surface area contributed by atoms with Crippen LogP contribution in [0.15, 0.2) is 30.5 Å². The van der Waals surface area contributed by atoms with E-state index in [2.05, 4.69) is 19.8 Å². The van der Waals surface area contributed by atoms with Gasteiger partial charge in [-0.15, -0.1) is 8.78 Å². The summed E-state index contributed by atoms with van der Waals surface area (Å²) in [5.41, 5.74) is 0.731. The van der Waals surface area contributed by atoms with Gasteiger partial charge in [-0.05, 0) is 18.2 Å².